The molecule has 0 spiro atoms. The van der Waals surface area contributed by atoms with Gasteiger partial charge in [0.05, 0.1) is 22.9 Å². The molecule has 0 N–H and O–H groups in total. The van der Waals surface area contributed by atoms with Crippen molar-refractivity contribution in [2.45, 2.75) is 25.1 Å². The maximum atomic E-state index is 13.3. The van der Waals surface area contributed by atoms with Gasteiger partial charge in [0, 0.05) is 18.7 Å². The number of nitrogens with zero attached hydrogens (tertiary/aromatic N) is 2. The van der Waals surface area contributed by atoms with Gasteiger partial charge in [-0.1, -0.05) is 30.3 Å². The molecule has 0 saturated carbocycles. The molecule has 2 unspecified atom stereocenters. The molecule has 1 fully saturated rings. The zero-order valence-electron chi connectivity index (χ0n) is 14.6. The van der Waals surface area contributed by atoms with E-state index in [1.807, 2.05) is 0 Å². The Morgan fingerprint density at radius 2 is 1.59 bits per heavy atom. The van der Waals surface area contributed by atoms with Crippen LogP contribution in [0.1, 0.15) is 43.9 Å². The summed E-state index contributed by atoms with van der Waals surface area (Å²) in [5, 5.41) is 0. The Hall–Kier alpha value is -2.99. The van der Waals surface area contributed by atoms with Gasteiger partial charge >= 0.3 is 0 Å². The van der Waals surface area contributed by atoms with E-state index in [4.69, 9.17) is 4.74 Å². The van der Waals surface area contributed by atoms with Crippen molar-refractivity contribution in [1.29, 1.82) is 0 Å². The number of amides is 2. The second kappa shape index (κ2) is 6.03. The molecule has 5 rings (SSSR count). The number of benzene rings is 2. The van der Waals surface area contributed by atoms with Crippen molar-refractivity contribution in [2.75, 3.05) is 18.1 Å². The summed E-state index contributed by atoms with van der Waals surface area (Å²) in [5.41, 5.74) is 1.67. The van der Waals surface area contributed by atoms with Gasteiger partial charge in [-0.2, -0.15) is 0 Å². The van der Waals surface area contributed by atoms with Crippen LogP contribution in [0.5, 0.6) is 0 Å². The summed E-state index contributed by atoms with van der Waals surface area (Å²) in [6.07, 6.45) is 0.713. The predicted molar refractivity (Wildman–Crippen MR) is 97.8 cm³/mol. The summed E-state index contributed by atoms with van der Waals surface area (Å²) in [4.78, 5) is 42.7. The van der Waals surface area contributed by atoms with Gasteiger partial charge in [0.15, 0.2) is 6.17 Å². The van der Waals surface area contributed by atoms with Gasteiger partial charge in [0.25, 0.3) is 11.8 Å². The minimum absolute atomic E-state index is 0.110. The third-order valence-electron chi connectivity index (χ3n) is 5.50. The fourth-order valence-corrected chi connectivity index (χ4v) is 4.22. The SMILES string of the molecule is O=C1c2ccccc2C(=O)N2c3ccccc3C(=O)N(CC3CCCO3)C12. The van der Waals surface area contributed by atoms with Gasteiger partial charge in [-0.3, -0.25) is 19.3 Å². The van der Waals surface area contributed by atoms with Gasteiger partial charge in [0.2, 0.25) is 5.78 Å². The van der Waals surface area contributed by atoms with E-state index in [1.54, 1.807) is 48.5 Å². The van der Waals surface area contributed by atoms with Crippen molar-refractivity contribution in [1.82, 2.24) is 4.90 Å². The minimum Gasteiger partial charge on any atom is -0.376 e. The van der Waals surface area contributed by atoms with E-state index in [1.165, 1.54) is 9.80 Å². The van der Waals surface area contributed by atoms with E-state index < -0.39 is 6.17 Å². The van der Waals surface area contributed by atoms with Gasteiger partial charge in [-0.15, -0.1) is 0 Å². The number of Topliss-reactive ketones (excluding diaryl/α,β-unsaturated/α-hetero) is 1. The lowest BCUT2D eigenvalue weighted by Crippen LogP contribution is -2.64. The Morgan fingerprint density at radius 3 is 2.33 bits per heavy atom. The molecule has 2 atom stereocenters. The molecule has 136 valence electrons. The fourth-order valence-electron chi connectivity index (χ4n) is 4.22. The van der Waals surface area contributed by atoms with Crippen molar-refractivity contribution in [3.63, 3.8) is 0 Å². The van der Waals surface area contributed by atoms with Crippen molar-refractivity contribution in [2.24, 2.45) is 0 Å². The van der Waals surface area contributed by atoms with Gasteiger partial charge in [-0.05, 0) is 31.0 Å². The highest BCUT2D eigenvalue weighted by Gasteiger charge is 2.49. The first kappa shape index (κ1) is 16.2. The molecule has 6 heteroatoms. The number of rotatable bonds is 2. The van der Waals surface area contributed by atoms with Gasteiger partial charge < -0.3 is 9.64 Å². The van der Waals surface area contributed by atoms with Crippen LogP contribution in [0.15, 0.2) is 48.5 Å². The van der Waals surface area contributed by atoms with E-state index in [-0.39, 0.29) is 23.7 Å². The quantitative estimate of drug-likeness (QED) is 0.823. The predicted octanol–water partition coefficient (Wildman–Crippen LogP) is 2.49. The Labute approximate surface area is 156 Å². The summed E-state index contributed by atoms with van der Waals surface area (Å²) in [5.74, 6) is -0.721. The van der Waals surface area contributed by atoms with Crippen LogP contribution in [0.2, 0.25) is 0 Å². The summed E-state index contributed by atoms with van der Waals surface area (Å²) < 4.78 is 5.69. The van der Waals surface area contributed by atoms with E-state index in [2.05, 4.69) is 0 Å². The highest BCUT2D eigenvalue weighted by atomic mass is 16.5. The summed E-state index contributed by atoms with van der Waals surface area (Å²) in [7, 11) is 0. The Morgan fingerprint density at radius 1 is 0.889 bits per heavy atom. The average Bonchev–Trinajstić information content (AvgIpc) is 3.21. The number of para-hydroxylation sites is 1. The summed E-state index contributed by atoms with van der Waals surface area (Å²) >= 11 is 0. The van der Waals surface area contributed by atoms with E-state index in [9.17, 15) is 14.4 Å². The number of fused-ring (bicyclic) bond motifs is 4. The van der Waals surface area contributed by atoms with Crippen molar-refractivity contribution in [3.8, 4) is 0 Å². The summed E-state index contributed by atoms with van der Waals surface area (Å²) in [6, 6.07) is 13.8. The zero-order valence-corrected chi connectivity index (χ0v) is 14.6. The first-order valence-electron chi connectivity index (χ1n) is 9.15. The molecular formula is C21H18N2O4. The van der Waals surface area contributed by atoms with E-state index >= 15 is 0 Å². The number of carbonyl (C=O) groups excluding carboxylic acids is 3. The average molecular weight is 362 g/mol. The van der Waals surface area contributed by atoms with Crippen LogP contribution in [0.4, 0.5) is 5.69 Å². The number of ether oxygens (including phenoxy) is 1. The Bertz CT molecular complexity index is 964. The maximum Gasteiger partial charge on any atom is 0.261 e. The molecule has 2 aromatic carbocycles. The molecule has 3 aliphatic rings. The Kier molecular flexibility index (Phi) is 3.62. The monoisotopic (exact) mass is 362 g/mol. The first-order chi connectivity index (χ1) is 13.2. The highest BCUT2D eigenvalue weighted by Crippen LogP contribution is 2.37. The fraction of sp³-hybridized carbons (Fsp3) is 0.286. The summed E-state index contributed by atoms with van der Waals surface area (Å²) in [6.45, 7) is 0.961. The van der Waals surface area contributed by atoms with Crippen molar-refractivity contribution < 1.29 is 19.1 Å². The molecule has 3 aliphatic heterocycles. The van der Waals surface area contributed by atoms with Crippen LogP contribution in [0, 0.1) is 0 Å². The molecular weight excluding hydrogens is 344 g/mol. The number of ketones is 1. The molecule has 27 heavy (non-hydrogen) atoms. The lowest BCUT2D eigenvalue weighted by Gasteiger charge is -2.46. The molecule has 1 saturated heterocycles. The number of anilines is 1. The number of hydrogen-bond acceptors (Lipinski definition) is 4. The highest BCUT2D eigenvalue weighted by molar-refractivity contribution is 6.25. The van der Waals surface area contributed by atoms with E-state index in [0.29, 0.717) is 35.5 Å². The van der Waals surface area contributed by atoms with Crippen LogP contribution in [0.3, 0.4) is 0 Å². The van der Waals surface area contributed by atoms with Crippen molar-refractivity contribution >= 4 is 23.3 Å². The third-order valence-corrected chi connectivity index (χ3v) is 5.50. The standard InChI is InChI=1S/C21H18N2O4/c24-18-14-7-1-2-8-15(14)21(26)23-17-10-4-3-9-16(17)20(25)22(19(18)23)12-13-6-5-11-27-13/h1-4,7-10,13,19H,5-6,11-12H2. The molecule has 6 nitrogen and oxygen atoms in total. The van der Waals surface area contributed by atoms with Gasteiger partial charge in [0.1, 0.15) is 0 Å². The lowest BCUT2D eigenvalue weighted by atomic mass is 9.91. The molecule has 0 bridgehead atoms. The molecule has 0 aliphatic carbocycles. The maximum absolute atomic E-state index is 13.3. The van der Waals surface area contributed by atoms with Crippen molar-refractivity contribution in [3.05, 3.63) is 65.2 Å². The molecule has 2 aromatic rings. The van der Waals surface area contributed by atoms with Crippen LogP contribution >= 0.6 is 0 Å². The van der Waals surface area contributed by atoms with Crippen LogP contribution in [-0.2, 0) is 4.74 Å². The normalized spacial score (nSPS) is 23.9. The molecule has 0 radical (unpaired) electrons. The topological polar surface area (TPSA) is 66.9 Å². The van der Waals surface area contributed by atoms with Crippen LogP contribution < -0.4 is 4.90 Å². The third kappa shape index (κ3) is 2.33. The Balaban J connectivity index is 1.67. The van der Waals surface area contributed by atoms with Crippen LogP contribution in [0.25, 0.3) is 0 Å². The molecule has 2 amide bonds. The number of carbonyl (C=O) groups is 3. The molecule has 3 heterocycles. The molecule has 0 aromatic heterocycles. The minimum atomic E-state index is -0.959. The second-order valence-electron chi connectivity index (χ2n) is 7.07. The lowest BCUT2D eigenvalue weighted by molar-refractivity contribution is 0.0352. The van der Waals surface area contributed by atoms with Crippen LogP contribution in [-0.4, -0.2) is 47.9 Å². The van der Waals surface area contributed by atoms with E-state index in [0.717, 1.165) is 12.8 Å². The smallest absolute Gasteiger partial charge is 0.261 e. The first-order valence-corrected chi connectivity index (χ1v) is 9.15. The van der Waals surface area contributed by atoms with Gasteiger partial charge in [-0.25, -0.2) is 0 Å². The zero-order chi connectivity index (χ0) is 18.5. The largest absolute Gasteiger partial charge is 0.376 e. The number of hydrogen-bond donors (Lipinski definition) is 0. The second-order valence-corrected chi connectivity index (χ2v) is 7.07.